The molecule has 0 aliphatic heterocycles. The van der Waals surface area contributed by atoms with Crippen LogP contribution in [0.5, 0.6) is 0 Å². The summed E-state index contributed by atoms with van der Waals surface area (Å²) in [7, 11) is 1.88. The van der Waals surface area contributed by atoms with Crippen LogP contribution in [0.15, 0.2) is 12.4 Å². The predicted molar refractivity (Wildman–Crippen MR) is 73.5 cm³/mol. The Morgan fingerprint density at radius 3 is 2.68 bits per heavy atom. The summed E-state index contributed by atoms with van der Waals surface area (Å²) in [6.45, 7) is 0. The van der Waals surface area contributed by atoms with Crippen molar-refractivity contribution in [1.29, 1.82) is 0 Å². The number of aromatic nitrogens is 2. The summed E-state index contributed by atoms with van der Waals surface area (Å²) in [4.78, 5) is 21.4. The fourth-order valence-electron chi connectivity index (χ4n) is 2.86. The minimum absolute atomic E-state index is 0.123. The molecule has 1 aromatic heterocycles. The number of carbonyl (C=O) groups is 1. The van der Waals surface area contributed by atoms with Gasteiger partial charge in [-0.3, -0.25) is 9.78 Å². The molecule has 0 amide bonds. The van der Waals surface area contributed by atoms with E-state index in [0.29, 0.717) is 11.0 Å². The van der Waals surface area contributed by atoms with Gasteiger partial charge >= 0.3 is 5.97 Å². The van der Waals surface area contributed by atoms with Crippen molar-refractivity contribution >= 4 is 23.4 Å². The monoisotopic (exact) mass is 283 g/mol. The average Bonchev–Trinajstić information content (AvgIpc) is 2.38. The molecular weight excluding hydrogens is 266 g/mol. The molecule has 0 aromatic carbocycles. The van der Waals surface area contributed by atoms with E-state index in [1.165, 1.54) is 6.20 Å². The van der Waals surface area contributed by atoms with Crippen LogP contribution in [0.1, 0.15) is 38.5 Å². The van der Waals surface area contributed by atoms with E-state index in [1.807, 2.05) is 11.9 Å². The highest BCUT2D eigenvalue weighted by Gasteiger charge is 2.39. The number of hydrogen-bond donors (Lipinski definition) is 1. The molecule has 1 aromatic rings. The Morgan fingerprint density at radius 1 is 1.42 bits per heavy atom. The summed E-state index contributed by atoms with van der Waals surface area (Å²) >= 11 is 5.86. The first kappa shape index (κ1) is 14.1. The van der Waals surface area contributed by atoms with Crippen molar-refractivity contribution in [1.82, 2.24) is 9.97 Å². The Kier molecular flexibility index (Phi) is 4.24. The van der Waals surface area contributed by atoms with E-state index in [4.69, 9.17) is 11.6 Å². The van der Waals surface area contributed by atoms with Gasteiger partial charge in [0.25, 0.3) is 0 Å². The highest BCUT2D eigenvalue weighted by atomic mass is 35.5. The van der Waals surface area contributed by atoms with E-state index >= 15 is 0 Å². The molecule has 0 saturated heterocycles. The lowest BCUT2D eigenvalue weighted by atomic mass is 9.78. The van der Waals surface area contributed by atoms with E-state index in [1.54, 1.807) is 6.20 Å². The molecule has 6 heteroatoms. The van der Waals surface area contributed by atoms with Gasteiger partial charge in [-0.05, 0) is 12.8 Å². The number of nitrogens with zero attached hydrogens (tertiary/aromatic N) is 3. The highest BCUT2D eigenvalue weighted by molar-refractivity contribution is 6.29. The third-order valence-corrected chi connectivity index (χ3v) is 4.09. The van der Waals surface area contributed by atoms with Crippen molar-refractivity contribution < 1.29 is 9.90 Å². The van der Waals surface area contributed by atoms with E-state index in [-0.39, 0.29) is 12.0 Å². The molecule has 5 nitrogen and oxygen atoms in total. The topological polar surface area (TPSA) is 66.3 Å². The first-order chi connectivity index (χ1) is 9.03. The van der Waals surface area contributed by atoms with Gasteiger partial charge < -0.3 is 10.0 Å². The summed E-state index contributed by atoms with van der Waals surface area (Å²) in [6.07, 6.45) is 8.22. The molecule has 0 unspecified atom stereocenters. The lowest BCUT2D eigenvalue weighted by molar-refractivity contribution is -0.138. The molecule has 1 aliphatic rings. The number of carboxylic acid groups (broad SMARTS) is 1. The fraction of sp³-hybridized carbons (Fsp3) is 0.615. The Hall–Kier alpha value is -1.36. The second-order valence-electron chi connectivity index (χ2n) is 5.11. The lowest BCUT2D eigenvalue weighted by Gasteiger charge is -2.44. The number of carboxylic acids is 1. The summed E-state index contributed by atoms with van der Waals surface area (Å²) in [5, 5.41) is 9.52. The Balaban J connectivity index is 2.29. The van der Waals surface area contributed by atoms with Crippen LogP contribution in [0.25, 0.3) is 0 Å². The molecular formula is C13H18ClN3O2. The molecule has 1 aliphatic carbocycles. The van der Waals surface area contributed by atoms with Crippen LogP contribution in [0.4, 0.5) is 5.82 Å². The van der Waals surface area contributed by atoms with Crippen LogP contribution in [0.2, 0.25) is 5.15 Å². The first-order valence-electron chi connectivity index (χ1n) is 6.47. The summed E-state index contributed by atoms with van der Waals surface area (Å²) < 4.78 is 0. The van der Waals surface area contributed by atoms with Crippen LogP contribution in [-0.2, 0) is 4.79 Å². The molecule has 0 spiro atoms. The average molecular weight is 284 g/mol. The molecule has 1 heterocycles. The largest absolute Gasteiger partial charge is 0.481 e. The number of hydrogen-bond acceptors (Lipinski definition) is 4. The van der Waals surface area contributed by atoms with Crippen LogP contribution < -0.4 is 4.90 Å². The van der Waals surface area contributed by atoms with E-state index in [2.05, 4.69) is 9.97 Å². The van der Waals surface area contributed by atoms with Gasteiger partial charge in [0.2, 0.25) is 0 Å². The molecule has 0 radical (unpaired) electrons. The third kappa shape index (κ3) is 3.15. The van der Waals surface area contributed by atoms with E-state index in [0.717, 1.165) is 32.1 Å². The van der Waals surface area contributed by atoms with Crippen LogP contribution in [0, 0.1) is 0 Å². The number of aliphatic carboxylic acids is 1. The van der Waals surface area contributed by atoms with Gasteiger partial charge in [0, 0.05) is 7.05 Å². The second kappa shape index (κ2) is 5.74. The predicted octanol–water partition coefficient (Wildman–Crippen LogP) is 2.74. The van der Waals surface area contributed by atoms with Gasteiger partial charge in [0.05, 0.1) is 24.4 Å². The molecule has 0 bridgehead atoms. The van der Waals surface area contributed by atoms with Crippen molar-refractivity contribution in [2.75, 3.05) is 11.9 Å². The lowest BCUT2D eigenvalue weighted by Crippen LogP contribution is -2.50. The van der Waals surface area contributed by atoms with E-state index in [9.17, 15) is 9.90 Å². The normalized spacial score (nSPS) is 18.0. The Labute approximate surface area is 117 Å². The molecule has 19 heavy (non-hydrogen) atoms. The fourth-order valence-corrected chi connectivity index (χ4v) is 3.00. The van der Waals surface area contributed by atoms with Gasteiger partial charge in [0.15, 0.2) is 0 Å². The zero-order valence-corrected chi connectivity index (χ0v) is 11.7. The molecule has 1 fully saturated rings. The number of halogens is 1. The minimum atomic E-state index is -0.774. The molecule has 2 rings (SSSR count). The Bertz CT molecular complexity index is 461. The maximum Gasteiger partial charge on any atom is 0.305 e. The van der Waals surface area contributed by atoms with Crippen molar-refractivity contribution in [3.05, 3.63) is 17.5 Å². The van der Waals surface area contributed by atoms with Crippen molar-refractivity contribution in [3.8, 4) is 0 Å². The van der Waals surface area contributed by atoms with Crippen LogP contribution in [0.3, 0.4) is 0 Å². The van der Waals surface area contributed by atoms with Crippen LogP contribution >= 0.6 is 11.6 Å². The minimum Gasteiger partial charge on any atom is -0.481 e. The van der Waals surface area contributed by atoms with Gasteiger partial charge in [-0.2, -0.15) is 0 Å². The van der Waals surface area contributed by atoms with Gasteiger partial charge in [-0.25, -0.2) is 4.98 Å². The smallest absolute Gasteiger partial charge is 0.305 e. The SMILES string of the molecule is CN(c1cncc(Cl)n1)C1(CC(=O)O)CCCCC1. The highest BCUT2D eigenvalue weighted by Crippen LogP contribution is 2.37. The zero-order chi connectivity index (χ0) is 13.9. The second-order valence-corrected chi connectivity index (χ2v) is 5.50. The summed E-state index contributed by atoms with van der Waals surface area (Å²) in [5.41, 5.74) is -0.372. The van der Waals surface area contributed by atoms with Crippen molar-refractivity contribution in [2.24, 2.45) is 0 Å². The summed E-state index contributed by atoms with van der Waals surface area (Å²) in [6, 6.07) is 0. The van der Waals surface area contributed by atoms with Gasteiger partial charge in [-0.1, -0.05) is 30.9 Å². The quantitative estimate of drug-likeness (QED) is 0.920. The molecule has 1 saturated carbocycles. The van der Waals surface area contributed by atoms with E-state index < -0.39 is 5.97 Å². The zero-order valence-electron chi connectivity index (χ0n) is 11.0. The molecule has 104 valence electrons. The van der Waals surface area contributed by atoms with Gasteiger partial charge in [-0.15, -0.1) is 0 Å². The third-order valence-electron chi connectivity index (χ3n) is 3.91. The maximum atomic E-state index is 11.2. The summed E-state index contributed by atoms with van der Waals surface area (Å²) in [5.74, 6) is -0.139. The van der Waals surface area contributed by atoms with Crippen molar-refractivity contribution in [2.45, 2.75) is 44.1 Å². The molecule has 1 N–H and O–H groups in total. The van der Waals surface area contributed by atoms with Crippen molar-refractivity contribution in [3.63, 3.8) is 0 Å². The molecule has 0 atom stereocenters. The number of rotatable bonds is 4. The first-order valence-corrected chi connectivity index (χ1v) is 6.84. The Morgan fingerprint density at radius 2 is 2.11 bits per heavy atom. The van der Waals surface area contributed by atoms with Crippen LogP contribution in [-0.4, -0.2) is 33.6 Å². The number of anilines is 1. The van der Waals surface area contributed by atoms with Gasteiger partial charge in [0.1, 0.15) is 11.0 Å². The maximum absolute atomic E-state index is 11.2. The standard InChI is InChI=1S/C13H18ClN3O2/c1-17(11-9-15-8-10(14)16-11)13(7-12(18)19)5-3-2-4-6-13/h8-9H,2-7H2,1H3,(H,18,19).